The molecule has 0 aliphatic carbocycles. The zero-order valence-electron chi connectivity index (χ0n) is 12.4. The number of hydrogen-bond donors (Lipinski definition) is 1. The van der Waals surface area contributed by atoms with Gasteiger partial charge in [0.25, 0.3) is 0 Å². The third-order valence-corrected chi connectivity index (χ3v) is 3.73. The van der Waals surface area contributed by atoms with E-state index in [0.717, 1.165) is 16.5 Å². The minimum Gasteiger partial charge on any atom is -0.388 e. The lowest BCUT2D eigenvalue weighted by Gasteiger charge is -2.13. The highest BCUT2D eigenvalue weighted by Crippen LogP contribution is 2.23. The molecular formula is C19H19NO. The van der Waals surface area contributed by atoms with Crippen molar-refractivity contribution in [2.45, 2.75) is 26.4 Å². The Balaban J connectivity index is 1.87. The van der Waals surface area contributed by atoms with Crippen LogP contribution in [0, 0.1) is 13.8 Å². The molecule has 2 nitrogen and oxygen atoms in total. The molecule has 1 N–H and O–H groups in total. The van der Waals surface area contributed by atoms with E-state index in [2.05, 4.69) is 37.0 Å². The molecule has 1 unspecified atom stereocenters. The van der Waals surface area contributed by atoms with Crippen molar-refractivity contribution in [3.05, 3.63) is 77.0 Å². The van der Waals surface area contributed by atoms with E-state index in [4.69, 9.17) is 0 Å². The van der Waals surface area contributed by atoms with Crippen LogP contribution in [0.15, 0.2) is 54.7 Å². The van der Waals surface area contributed by atoms with E-state index in [1.807, 2.05) is 30.3 Å². The quantitative estimate of drug-likeness (QED) is 0.781. The van der Waals surface area contributed by atoms with Crippen LogP contribution in [0.25, 0.3) is 10.9 Å². The van der Waals surface area contributed by atoms with Crippen LogP contribution in [0.4, 0.5) is 0 Å². The van der Waals surface area contributed by atoms with Gasteiger partial charge in [0.1, 0.15) is 0 Å². The van der Waals surface area contributed by atoms with Gasteiger partial charge in [0, 0.05) is 18.0 Å². The summed E-state index contributed by atoms with van der Waals surface area (Å²) in [6.45, 7) is 4.17. The van der Waals surface area contributed by atoms with Crippen molar-refractivity contribution < 1.29 is 5.11 Å². The Bertz CT molecular complexity index is 759. The molecule has 0 saturated heterocycles. The number of rotatable bonds is 3. The Morgan fingerprint density at radius 3 is 2.52 bits per heavy atom. The molecule has 2 heteroatoms. The first-order valence-corrected chi connectivity index (χ1v) is 7.22. The van der Waals surface area contributed by atoms with Gasteiger partial charge in [0.05, 0.1) is 11.6 Å². The lowest BCUT2D eigenvalue weighted by atomic mass is 9.98. The fourth-order valence-corrected chi connectivity index (χ4v) is 2.82. The van der Waals surface area contributed by atoms with E-state index in [0.29, 0.717) is 6.42 Å². The molecular weight excluding hydrogens is 258 g/mol. The number of nitrogens with zero attached hydrogens (tertiary/aromatic N) is 1. The van der Waals surface area contributed by atoms with Crippen LogP contribution in [0.2, 0.25) is 0 Å². The fraction of sp³-hybridized carbons (Fsp3) is 0.211. The summed E-state index contributed by atoms with van der Waals surface area (Å²) in [5.41, 5.74) is 5.48. The van der Waals surface area contributed by atoms with Gasteiger partial charge in [-0.25, -0.2) is 0 Å². The van der Waals surface area contributed by atoms with Gasteiger partial charge in [0.15, 0.2) is 0 Å². The molecule has 2 aromatic carbocycles. The van der Waals surface area contributed by atoms with Gasteiger partial charge in [0.2, 0.25) is 0 Å². The van der Waals surface area contributed by atoms with Crippen LogP contribution in [0.5, 0.6) is 0 Å². The predicted molar refractivity (Wildman–Crippen MR) is 86.3 cm³/mol. The lowest BCUT2D eigenvalue weighted by Crippen LogP contribution is -2.02. The minimum atomic E-state index is -0.502. The molecule has 3 rings (SSSR count). The van der Waals surface area contributed by atoms with Gasteiger partial charge in [-0.05, 0) is 37.1 Å². The molecule has 3 aromatic rings. The summed E-state index contributed by atoms with van der Waals surface area (Å²) in [6.07, 6.45) is 1.90. The van der Waals surface area contributed by atoms with Crippen LogP contribution in [0.1, 0.15) is 28.4 Å². The van der Waals surface area contributed by atoms with E-state index in [9.17, 15) is 5.11 Å². The molecule has 0 aliphatic heterocycles. The largest absolute Gasteiger partial charge is 0.388 e. The second-order valence-electron chi connectivity index (χ2n) is 5.67. The van der Waals surface area contributed by atoms with E-state index in [1.165, 1.54) is 16.7 Å². The van der Waals surface area contributed by atoms with Crippen LogP contribution in [0.3, 0.4) is 0 Å². The van der Waals surface area contributed by atoms with Crippen molar-refractivity contribution in [1.82, 2.24) is 4.98 Å². The number of hydrogen-bond acceptors (Lipinski definition) is 2. The first-order chi connectivity index (χ1) is 10.1. The number of aryl methyl sites for hydroxylation is 2. The highest BCUT2D eigenvalue weighted by molar-refractivity contribution is 5.78. The second-order valence-corrected chi connectivity index (χ2v) is 5.67. The zero-order valence-corrected chi connectivity index (χ0v) is 12.4. The molecule has 1 aromatic heterocycles. The van der Waals surface area contributed by atoms with Crippen LogP contribution >= 0.6 is 0 Å². The van der Waals surface area contributed by atoms with E-state index >= 15 is 0 Å². The van der Waals surface area contributed by atoms with Gasteiger partial charge in [-0.2, -0.15) is 0 Å². The third kappa shape index (κ3) is 3.11. The maximum atomic E-state index is 10.5. The first kappa shape index (κ1) is 13.8. The maximum Gasteiger partial charge on any atom is 0.0831 e. The van der Waals surface area contributed by atoms with Gasteiger partial charge in [-0.3, -0.25) is 4.98 Å². The van der Waals surface area contributed by atoms with Gasteiger partial charge >= 0.3 is 0 Å². The van der Waals surface area contributed by atoms with Gasteiger partial charge in [-0.1, -0.05) is 47.5 Å². The molecule has 1 atom stereocenters. The molecule has 0 spiro atoms. The topological polar surface area (TPSA) is 33.1 Å². The minimum absolute atomic E-state index is 0.502. The van der Waals surface area contributed by atoms with Crippen molar-refractivity contribution in [2.75, 3.05) is 0 Å². The number of fused-ring (bicyclic) bond motifs is 1. The lowest BCUT2D eigenvalue weighted by molar-refractivity contribution is 0.178. The summed E-state index contributed by atoms with van der Waals surface area (Å²) >= 11 is 0. The summed E-state index contributed by atoms with van der Waals surface area (Å²) in [5, 5.41) is 11.6. The highest BCUT2D eigenvalue weighted by Gasteiger charge is 2.10. The van der Waals surface area contributed by atoms with Gasteiger partial charge in [-0.15, -0.1) is 0 Å². The summed E-state index contributed by atoms with van der Waals surface area (Å²) in [5.74, 6) is 0. The normalized spacial score (nSPS) is 12.5. The molecule has 21 heavy (non-hydrogen) atoms. The Hall–Kier alpha value is -2.19. The number of aromatic nitrogens is 1. The monoisotopic (exact) mass is 277 g/mol. The molecule has 0 aliphatic rings. The predicted octanol–water partition coefficient (Wildman–Crippen LogP) is 4.13. The molecule has 0 saturated carbocycles. The van der Waals surface area contributed by atoms with Crippen LogP contribution in [-0.2, 0) is 6.42 Å². The Morgan fingerprint density at radius 1 is 1.00 bits per heavy atom. The average Bonchev–Trinajstić information content (AvgIpc) is 2.45. The van der Waals surface area contributed by atoms with Gasteiger partial charge < -0.3 is 5.11 Å². The van der Waals surface area contributed by atoms with Crippen molar-refractivity contribution in [1.29, 1.82) is 0 Å². The SMILES string of the molecule is Cc1cc(C)cc(CC(O)c2ccc3cccnc3c2)c1. The number of aliphatic hydroxyl groups excluding tert-OH is 1. The highest BCUT2D eigenvalue weighted by atomic mass is 16.3. The van der Waals surface area contributed by atoms with Crippen molar-refractivity contribution >= 4 is 10.9 Å². The van der Waals surface area contributed by atoms with E-state index in [-0.39, 0.29) is 0 Å². The Kier molecular flexibility index (Phi) is 3.72. The van der Waals surface area contributed by atoms with Crippen molar-refractivity contribution in [3.63, 3.8) is 0 Å². The molecule has 1 heterocycles. The summed E-state index contributed by atoms with van der Waals surface area (Å²) in [7, 11) is 0. The summed E-state index contributed by atoms with van der Waals surface area (Å²) < 4.78 is 0. The number of pyridine rings is 1. The molecule has 0 bridgehead atoms. The van der Waals surface area contributed by atoms with Crippen LogP contribution < -0.4 is 0 Å². The molecule has 0 fully saturated rings. The third-order valence-electron chi connectivity index (χ3n) is 3.73. The number of benzene rings is 2. The van der Waals surface area contributed by atoms with E-state index in [1.54, 1.807) is 6.20 Å². The van der Waals surface area contributed by atoms with Crippen molar-refractivity contribution in [2.24, 2.45) is 0 Å². The van der Waals surface area contributed by atoms with Crippen LogP contribution in [-0.4, -0.2) is 10.1 Å². The average molecular weight is 277 g/mol. The van der Waals surface area contributed by atoms with E-state index < -0.39 is 6.10 Å². The van der Waals surface area contributed by atoms with Crippen molar-refractivity contribution in [3.8, 4) is 0 Å². The fourth-order valence-electron chi connectivity index (χ4n) is 2.82. The zero-order chi connectivity index (χ0) is 14.8. The summed E-state index contributed by atoms with van der Waals surface area (Å²) in [4.78, 5) is 4.35. The Labute approximate surface area is 125 Å². The molecule has 106 valence electrons. The Morgan fingerprint density at radius 2 is 1.76 bits per heavy atom. The second kappa shape index (κ2) is 5.66. The summed E-state index contributed by atoms with van der Waals surface area (Å²) in [6, 6.07) is 16.3. The molecule has 0 amide bonds. The smallest absolute Gasteiger partial charge is 0.0831 e. The molecule has 0 radical (unpaired) electrons. The number of aliphatic hydroxyl groups is 1. The first-order valence-electron chi connectivity index (χ1n) is 7.22. The standard InChI is InChI=1S/C19H19NO/c1-13-8-14(2)10-15(9-13)11-19(21)17-6-5-16-4-3-7-20-18(16)12-17/h3-10,12,19,21H,11H2,1-2H3. The maximum absolute atomic E-state index is 10.5.